The first-order chi connectivity index (χ1) is 16.8. The number of H-pyrrole nitrogens is 1. The van der Waals surface area contributed by atoms with Crippen LogP contribution in [-0.4, -0.2) is 40.0 Å². The van der Waals surface area contributed by atoms with E-state index in [2.05, 4.69) is 4.98 Å². The molecule has 1 atom stereocenters. The Morgan fingerprint density at radius 2 is 1.86 bits per heavy atom. The number of aromatic amines is 1. The average molecular weight is 477 g/mol. The average Bonchev–Trinajstić information content (AvgIpc) is 3.26. The number of aromatic hydroxyl groups is 2. The van der Waals surface area contributed by atoms with Gasteiger partial charge in [0, 0.05) is 35.3 Å². The smallest absolute Gasteiger partial charge is 0.306 e. The highest BCUT2D eigenvalue weighted by Gasteiger charge is 2.27. The van der Waals surface area contributed by atoms with Gasteiger partial charge >= 0.3 is 5.97 Å². The first kappa shape index (κ1) is 23.9. The molecule has 0 aliphatic rings. The maximum atomic E-state index is 13.7. The number of hydrogen-bond donors (Lipinski definition) is 3. The highest BCUT2D eigenvalue weighted by Crippen LogP contribution is 2.36. The normalized spacial score (nSPS) is 12.0. The van der Waals surface area contributed by atoms with E-state index in [0.717, 1.165) is 16.5 Å². The summed E-state index contributed by atoms with van der Waals surface area (Å²) >= 11 is 0. The fourth-order valence-corrected chi connectivity index (χ4v) is 4.51. The van der Waals surface area contributed by atoms with E-state index in [-0.39, 0.29) is 29.2 Å². The van der Waals surface area contributed by atoms with E-state index in [1.807, 2.05) is 30.5 Å². The second-order valence-electron chi connectivity index (χ2n) is 8.42. The molecule has 2 aromatic carbocycles. The molecule has 4 aromatic rings. The van der Waals surface area contributed by atoms with Crippen molar-refractivity contribution in [3.05, 3.63) is 87.5 Å². The van der Waals surface area contributed by atoms with Crippen LogP contribution in [0.3, 0.4) is 0 Å². The molecule has 3 N–H and O–H groups in total. The number of carbonyl (C=O) groups excluding carboxylic acids is 1. The minimum absolute atomic E-state index is 0.0736. The molecule has 0 aliphatic carbocycles. The number of para-hydroxylation sites is 1. The molecule has 35 heavy (non-hydrogen) atoms. The summed E-state index contributed by atoms with van der Waals surface area (Å²) in [5.41, 5.74) is 2.86. The van der Waals surface area contributed by atoms with Crippen LogP contribution in [0.1, 0.15) is 34.7 Å². The topological polar surface area (TPSA) is 114 Å². The molecule has 0 saturated heterocycles. The lowest BCUT2D eigenvalue weighted by molar-refractivity contribution is -0.140. The van der Waals surface area contributed by atoms with E-state index in [1.165, 1.54) is 26.4 Å². The quantitative estimate of drug-likeness (QED) is 0.331. The molecule has 8 nitrogen and oxygen atoms in total. The summed E-state index contributed by atoms with van der Waals surface area (Å²) in [7, 11) is 2.69. The Kier molecular flexibility index (Phi) is 6.82. The van der Waals surface area contributed by atoms with Gasteiger partial charge in [-0.3, -0.25) is 9.59 Å². The van der Waals surface area contributed by atoms with E-state index in [1.54, 1.807) is 23.6 Å². The monoisotopic (exact) mass is 476 g/mol. The molecule has 0 aliphatic heterocycles. The number of pyridine rings is 1. The molecule has 2 aromatic heterocycles. The summed E-state index contributed by atoms with van der Waals surface area (Å²) in [4.78, 5) is 29.2. The van der Waals surface area contributed by atoms with Crippen molar-refractivity contribution in [1.82, 2.24) is 9.55 Å². The first-order valence-corrected chi connectivity index (χ1v) is 11.3. The van der Waals surface area contributed by atoms with E-state index >= 15 is 0 Å². The molecule has 0 unspecified atom stereocenters. The Hall–Kier alpha value is -4.20. The van der Waals surface area contributed by atoms with Crippen molar-refractivity contribution in [1.29, 1.82) is 0 Å². The van der Waals surface area contributed by atoms with Crippen molar-refractivity contribution >= 4 is 16.9 Å². The molecule has 4 rings (SSSR count). The minimum Gasteiger partial charge on any atom is -0.507 e. The molecular formula is C27H28N2O6. The number of ether oxygens (including phenoxy) is 2. The van der Waals surface area contributed by atoms with Gasteiger partial charge < -0.3 is 29.2 Å². The fourth-order valence-electron chi connectivity index (χ4n) is 4.51. The number of hydrogen-bond acceptors (Lipinski definition) is 6. The van der Waals surface area contributed by atoms with Gasteiger partial charge in [-0.1, -0.05) is 24.3 Å². The van der Waals surface area contributed by atoms with Crippen molar-refractivity contribution in [2.45, 2.75) is 32.2 Å². The lowest BCUT2D eigenvalue weighted by atomic mass is 9.88. The second kappa shape index (κ2) is 9.97. The van der Waals surface area contributed by atoms with Crippen molar-refractivity contribution in [2.75, 3.05) is 14.2 Å². The molecule has 182 valence electrons. The predicted octanol–water partition coefficient (Wildman–Crippen LogP) is 4.00. The number of carbonyl (C=O) groups is 1. The van der Waals surface area contributed by atoms with Gasteiger partial charge in [0.05, 0.1) is 26.2 Å². The zero-order valence-corrected chi connectivity index (χ0v) is 19.9. The van der Waals surface area contributed by atoms with Crippen molar-refractivity contribution < 1.29 is 24.5 Å². The molecule has 0 spiro atoms. The van der Waals surface area contributed by atoms with Crippen LogP contribution < -0.4 is 10.3 Å². The third-order valence-electron chi connectivity index (χ3n) is 6.35. The number of aryl methyl sites for hydroxylation is 2. The molecule has 0 amide bonds. The molecule has 0 saturated carbocycles. The molecule has 0 bridgehead atoms. The number of esters is 1. The number of methoxy groups -OCH3 is 2. The predicted molar refractivity (Wildman–Crippen MR) is 132 cm³/mol. The van der Waals surface area contributed by atoms with Crippen LogP contribution in [0.15, 0.2) is 59.5 Å². The number of phenolic OH excluding ortho intramolecular Hbond substituents is 1. The highest BCUT2D eigenvalue weighted by molar-refractivity contribution is 5.83. The van der Waals surface area contributed by atoms with Gasteiger partial charge in [-0.05, 0) is 48.7 Å². The van der Waals surface area contributed by atoms with Crippen molar-refractivity contribution in [3.8, 4) is 17.2 Å². The third-order valence-corrected chi connectivity index (χ3v) is 6.35. The number of fused-ring (bicyclic) bond motifs is 1. The van der Waals surface area contributed by atoms with Gasteiger partial charge in [0.25, 0.3) is 5.56 Å². The number of benzene rings is 2. The first-order valence-electron chi connectivity index (χ1n) is 11.3. The molecular weight excluding hydrogens is 448 g/mol. The van der Waals surface area contributed by atoms with Gasteiger partial charge in [-0.25, -0.2) is 0 Å². The summed E-state index contributed by atoms with van der Waals surface area (Å²) in [6.07, 6.45) is 2.35. The number of nitrogens with zero attached hydrogens (tertiary/aromatic N) is 1. The van der Waals surface area contributed by atoms with Gasteiger partial charge in [0.1, 0.15) is 5.75 Å². The van der Waals surface area contributed by atoms with Crippen LogP contribution in [0.4, 0.5) is 0 Å². The number of aromatic nitrogens is 2. The lowest BCUT2D eigenvalue weighted by Crippen LogP contribution is -2.29. The maximum Gasteiger partial charge on any atom is 0.306 e. The number of phenols is 1. The van der Waals surface area contributed by atoms with Crippen molar-refractivity contribution in [3.63, 3.8) is 0 Å². The SMILES string of the molecule is COC(=O)C[C@H](c1ccc(OC)c(O)c1)c1c(O)cc(C)n(CCc2c[nH]c3ccccc23)c1=O. The van der Waals surface area contributed by atoms with Crippen LogP contribution in [0, 0.1) is 6.92 Å². The number of nitrogens with one attached hydrogen (secondary N) is 1. The summed E-state index contributed by atoms with van der Waals surface area (Å²) < 4.78 is 11.6. The maximum absolute atomic E-state index is 13.7. The van der Waals surface area contributed by atoms with E-state index in [0.29, 0.717) is 24.2 Å². The Morgan fingerprint density at radius 3 is 2.57 bits per heavy atom. The Balaban J connectivity index is 1.76. The van der Waals surface area contributed by atoms with Crippen LogP contribution in [0.25, 0.3) is 10.9 Å². The van der Waals surface area contributed by atoms with Gasteiger partial charge in [0.15, 0.2) is 11.5 Å². The zero-order valence-electron chi connectivity index (χ0n) is 19.9. The molecule has 2 heterocycles. The lowest BCUT2D eigenvalue weighted by Gasteiger charge is -2.21. The number of rotatable bonds is 8. The Bertz CT molecular complexity index is 1440. The van der Waals surface area contributed by atoms with Crippen LogP contribution >= 0.6 is 0 Å². The standard InChI is InChI=1S/C27H28N2O6/c1-16-12-23(31)26(20(14-25(32)35-3)17-8-9-24(34-2)22(30)13-17)27(33)29(16)11-10-18-15-28-21-7-5-4-6-19(18)21/h4-9,12-13,15,20,28,30-31H,10-11,14H2,1-3H3/t20-/m1/s1. The second-order valence-corrected chi connectivity index (χ2v) is 8.42. The molecule has 8 heteroatoms. The van der Waals surface area contributed by atoms with Gasteiger partial charge in [-0.2, -0.15) is 0 Å². The van der Waals surface area contributed by atoms with E-state index < -0.39 is 17.4 Å². The van der Waals surface area contributed by atoms with Crippen molar-refractivity contribution in [2.24, 2.45) is 0 Å². The van der Waals surface area contributed by atoms with E-state index in [9.17, 15) is 19.8 Å². The van der Waals surface area contributed by atoms with E-state index in [4.69, 9.17) is 9.47 Å². The minimum atomic E-state index is -0.827. The van der Waals surface area contributed by atoms with Crippen LogP contribution in [0.5, 0.6) is 17.2 Å². The van der Waals surface area contributed by atoms with Crippen LogP contribution in [-0.2, 0) is 22.5 Å². The largest absolute Gasteiger partial charge is 0.507 e. The third kappa shape index (κ3) is 4.73. The summed E-state index contributed by atoms with van der Waals surface area (Å²) in [6.45, 7) is 2.15. The van der Waals surface area contributed by atoms with Gasteiger partial charge in [0.2, 0.25) is 0 Å². The summed E-state index contributed by atoms with van der Waals surface area (Å²) in [6, 6.07) is 14.1. The highest BCUT2D eigenvalue weighted by atomic mass is 16.5. The molecule has 0 fully saturated rings. The summed E-state index contributed by atoms with van der Waals surface area (Å²) in [5, 5.41) is 22.2. The summed E-state index contributed by atoms with van der Waals surface area (Å²) in [5.74, 6) is -1.46. The van der Waals surface area contributed by atoms with Crippen LogP contribution in [0.2, 0.25) is 0 Å². The fraction of sp³-hybridized carbons (Fsp3) is 0.259. The van der Waals surface area contributed by atoms with Gasteiger partial charge in [-0.15, -0.1) is 0 Å². The molecule has 0 radical (unpaired) electrons. The Labute approximate surface area is 202 Å². The Morgan fingerprint density at radius 1 is 1.09 bits per heavy atom. The zero-order chi connectivity index (χ0) is 25.1.